The summed E-state index contributed by atoms with van der Waals surface area (Å²) in [6.07, 6.45) is 1.13. The van der Waals surface area contributed by atoms with Crippen molar-refractivity contribution in [3.05, 3.63) is 29.8 Å². The van der Waals surface area contributed by atoms with E-state index < -0.39 is 10.0 Å². The summed E-state index contributed by atoms with van der Waals surface area (Å²) < 4.78 is 26.7. The third-order valence-corrected chi connectivity index (χ3v) is 6.63. The normalized spacial score (nSPS) is 22.0. The molecule has 1 aliphatic rings. The van der Waals surface area contributed by atoms with Gasteiger partial charge in [0.05, 0.1) is 4.90 Å². The van der Waals surface area contributed by atoms with Crippen LogP contribution in [0.3, 0.4) is 0 Å². The molecule has 1 aliphatic heterocycles. The maximum Gasteiger partial charge on any atom is 0.253 e. The second-order valence-corrected chi connectivity index (χ2v) is 8.71. The summed E-state index contributed by atoms with van der Waals surface area (Å²) in [5.74, 6) is 0.866. The number of amides is 1. The Kier molecular flexibility index (Phi) is 6.04. The molecule has 5 nitrogen and oxygen atoms in total. The molecule has 0 spiro atoms. The molecule has 0 N–H and O–H groups in total. The minimum absolute atomic E-state index is 0.0787. The van der Waals surface area contributed by atoms with Gasteiger partial charge in [0.2, 0.25) is 10.0 Å². The first-order chi connectivity index (χ1) is 11.3. The molecule has 0 unspecified atom stereocenters. The lowest BCUT2D eigenvalue weighted by atomic mass is 9.91. The summed E-state index contributed by atoms with van der Waals surface area (Å²) in [5, 5.41) is 0. The maximum atomic E-state index is 12.8. The van der Waals surface area contributed by atoms with Crippen molar-refractivity contribution < 1.29 is 13.2 Å². The minimum Gasteiger partial charge on any atom is -0.338 e. The van der Waals surface area contributed by atoms with E-state index in [0.717, 1.165) is 19.5 Å². The number of rotatable bonds is 5. The summed E-state index contributed by atoms with van der Waals surface area (Å²) in [5.41, 5.74) is 0.449. The highest BCUT2D eigenvalue weighted by molar-refractivity contribution is 7.89. The van der Waals surface area contributed by atoms with Gasteiger partial charge in [-0.25, -0.2) is 8.42 Å². The lowest BCUT2D eigenvalue weighted by molar-refractivity contribution is 0.0623. The van der Waals surface area contributed by atoms with E-state index >= 15 is 0 Å². The third kappa shape index (κ3) is 3.98. The highest BCUT2D eigenvalue weighted by atomic mass is 32.2. The molecule has 24 heavy (non-hydrogen) atoms. The minimum atomic E-state index is -3.55. The van der Waals surface area contributed by atoms with E-state index in [0.29, 0.717) is 30.5 Å². The van der Waals surface area contributed by atoms with E-state index in [-0.39, 0.29) is 10.8 Å². The number of hydrogen-bond donors (Lipinski definition) is 0. The number of sulfonamides is 1. The van der Waals surface area contributed by atoms with Crippen LogP contribution < -0.4 is 0 Å². The van der Waals surface area contributed by atoms with Gasteiger partial charge in [0.1, 0.15) is 0 Å². The lowest BCUT2D eigenvalue weighted by Crippen LogP contribution is -2.42. The highest BCUT2D eigenvalue weighted by Crippen LogP contribution is 2.24. The zero-order valence-corrected chi connectivity index (χ0v) is 15.8. The van der Waals surface area contributed by atoms with E-state index in [1.165, 1.54) is 10.4 Å². The summed E-state index contributed by atoms with van der Waals surface area (Å²) >= 11 is 0. The Morgan fingerprint density at radius 1 is 1.17 bits per heavy atom. The Balaban J connectivity index is 2.28. The fourth-order valence-corrected chi connectivity index (χ4v) is 5.02. The van der Waals surface area contributed by atoms with Crippen LogP contribution in [-0.2, 0) is 10.0 Å². The summed E-state index contributed by atoms with van der Waals surface area (Å²) in [6.45, 7) is 10.2. The topological polar surface area (TPSA) is 57.7 Å². The molecular weight excluding hydrogens is 324 g/mol. The van der Waals surface area contributed by atoms with Crippen molar-refractivity contribution in [2.24, 2.45) is 11.8 Å². The van der Waals surface area contributed by atoms with Crippen molar-refractivity contribution in [2.75, 3.05) is 26.2 Å². The van der Waals surface area contributed by atoms with Gasteiger partial charge in [0, 0.05) is 31.7 Å². The monoisotopic (exact) mass is 352 g/mol. The standard InChI is InChI=1S/C18H28N2O3S/c1-5-20(6-2)24(22,23)17-9-7-8-16(11-17)18(21)19-12-14(3)10-15(4)13-19/h7-9,11,14-15H,5-6,10,12-13H2,1-4H3/t14-,15-/m0/s1. The molecule has 1 saturated heterocycles. The number of hydrogen-bond acceptors (Lipinski definition) is 3. The Labute approximate surface area is 145 Å². The molecule has 1 aromatic rings. The largest absolute Gasteiger partial charge is 0.338 e. The van der Waals surface area contributed by atoms with Crippen LogP contribution in [0.1, 0.15) is 44.5 Å². The van der Waals surface area contributed by atoms with Gasteiger partial charge in [-0.2, -0.15) is 4.31 Å². The average molecular weight is 353 g/mol. The molecule has 0 aliphatic carbocycles. The molecule has 2 rings (SSSR count). The first kappa shape index (κ1) is 18.9. The maximum absolute atomic E-state index is 12.8. The van der Waals surface area contributed by atoms with Crippen molar-refractivity contribution in [2.45, 2.75) is 39.0 Å². The van der Waals surface area contributed by atoms with Gasteiger partial charge in [0.25, 0.3) is 5.91 Å². The zero-order valence-electron chi connectivity index (χ0n) is 15.0. The molecule has 0 saturated carbocycles. The van der Waals surface area contributed by atoms with Gasteiger partial charge in [-0.05, 0) is 36.5 Å². The van der Waals surface area contributed by atoms with Gasteiger partial charge in [-0.3, -0.25) is 4.79 Å². The Hall–Kier alpha value is -1.40. The molecule has 6 heteroatoms. The van der Waals surface area contributed by atoms with Crippen LogP contribution in [0.2, 0.25) is 0 Å². The SMILES string of the molecule is CCN(CC)S(=O)(=O)c1cccc(C(=O)N2C[C@@H](C)C[C@H](C)C2)c1. The van der Waals surface area contributed by atoms with Crippen molar-refractivity contribution in [3.63, 3.8) is 0 Å². The second-order valence-electron chi connectivity index (χ2n) is 6.77. The third-order valence-electron chi connectivity index (χ3n) is 4.58. The van der Waals surface area contributed by atoms with E-state index in [1.807, 2.05) is 18.7 Å². The van der Waals surface area contributed by atoms with E-state index in [1.54, 1.807) is 18.2 Å². The van der Waals surface area contributed by atoms with E-state index in [4.69, 9.17) is 0 Å². The van der Waals surface area contributed by atoms with Crippen LogP contribution in [0.25, 0.3) is 0 Å². The molecule has 1 fully saturated rings. The summed E-state index contributed by atoms with van der Waals surface area (Å²) in [4.78, 5) is 14.8. The van der Waals surface area contributed by atoms with Crippen LogP contribution in [0.5, 0.6) is 0 Å². The molecule has 1 amide bonds. The second kappa shape index (κ2) is 7.66. The lowest BCUT2D eigenvalue weighted by Gasteiger charge is -2.35. The van der Waals surface area contributed by atoms with Gasteiger partial charge < -0.3 is 4.90 Å². The van der Waals surface area contributed by atoms with Crippen LogP contribution in [0.4, 0.5) is 0 Å². The van der Waals surface area contributed by atoms with Crippen LogP contribution >= 0.6 is 0 Å². The Morgan fingerprint density at radius 3 is 2.29 bits per heavy atom. The summed E-state index contributed by atoms with van der Waals surface area (Å²) in [7, 11) is -3.55. The molecule has 1 heterocycles. The zero-order chi connectivity index (χ0) is 17.9. The molecule has 0 radical (unpaired) electrons. The van der Waals surface area contributed by atoms with Crippen LogP contribution in [0, 0.1) is 11.8 Å². The first-order valence-electron chi connectivity index (χ1n) is 8.69. The highest BCUT2D eigenvalue weighted by Gasteiger charge is 2.27. The van der Waals surface area contributed by atoms with Crippen molar-refractivity contribution in [1.29, 1.82) is 0 Å². The van der Waals surface area contributed by atoms with Gasteiger partial charge in [-0.15, -0.1) is 0 Å². The molecule has 2 atom stereocenters. The summed E-state index contributed by atoms with van der Waals surface area (Å²) in [6, 6.07) is 6.43. The molecule has 0 aromatic heterocycles. The molecule has 134 valence electrons. The smallest absolute Gasteiger partial charge is 0.253 e. The van der Waals surface area contributed by atoms with E-state index in [9.17, 15) is 13.2 Å². The number of piperidine rings is 1. The molecular formula is C18H28N2O3S. The average Bonchev–Trinajstić information content (AvgIpc) is 2.54. The number of likely N-dealkylation sites (tertiary alicyclic amines) is 1. The quantitative estimate of drug-likeness (QED) is 0.819. The van der Waals surface area contributed by atoms with Crippen molar-refractivity contribution >= 4 is 15.9 Å². The van der Waals surface area contributed by atoms with Crippen LogP contribution in [0.15, 0.2) is 29.2 Å². The van der Waals surface area contributed by atoms with Gasteiger partial charge in [0.15, 0.2) is 0 Å². The van der Waals surface area contributed by atoms with Gasteiger partial charge in [-0.1, -0.05) is 33.8 Å². The van der Waals surface area contributed by atoms with Crippen LogP contribution in [-0.4, -0.2) is 49.7 Å². The van der Waals surface area contributed by atoms with Crippen molar-refractivity contribution in [1.82, 2.24) is 9.21 Å². The Morgan fingerprint density at radius 2 is 1.75 bits per heavy atom. The number of carbonyl (C=O) groups excluding carboxylic acids is 1. The number of nitrogens with zero attached hydrogens (tertiary/aromatic N) is 2. The van der Waals surface area contributed by atoms with Gasteiger partial charge >= 0.3 is 0 Å². The fraction of sp³-hybridized carbons (Fsp3) is 0.611. The number of carbonyl (C=O) groups is 1. The van der Waals surface area contributed by atoms with Crippen molar-refractivity contribution in [3.8, 4) is 0 Å². The van der Waals surface area contributed by atoms with E-state index in [2.05, 4.69) is 13.8 Å². The Bertz CT molecular complexity index is 673. The predicted octanol–water partition coefficient (Wildman–Crippen LogP) is 2.84. The fourth-order valence-electron chi connectivity index (χ4n) is 3.51. The molecule has 1 aromatic carbocycles. The molecule has 0 bridgehead atoms. The predicted molar refractivity (Wildman–Crippen MR) is 95.4 cm³/mol. The first-order valence-corrected chi connectivity index (χ1v) is 10.1. The number of benzene rings is 1.